The molecule has 1 aromatic carbocycles. The zero-order valence-electron chi connectivity index (χ0n) is 15.3. The fourth-order valence-corrected chi connectivity index (χ4v) is 6.57. The van der Waals surface area contributed by atoms with Crippen LogP contribution in [0.15, 0.2) is 18.2 Å². The maximum Gasteiger partial charge on any atom is 0.335 e. The van der Waals surface area contributed by atoms with Gasteiger partial charge >= 0.3 is 5.97 Å². The van der Waals surface area contributed by atoms with Crippen LogP contribution in [0.2, 0.25) is 0 Å². The van der Waals surface area contributed by atoms with Gasteiger partial charge in [0.1, 0.15) is 5.78 Å². The van der Waals surface area contributed by atoms with Crippen molar-refractivity contribution in [1.29, 1.82) is 0 Å². The predicted molar refractivity (Wildman–Crippen MR) is 97.3 cm³/mol. The number of carbonyl (C=O) groups is 2. The molecule has 7 heteroatoms. The average molecular weight is 379 g/mol. The zero-order chi connectivity index (χ0) is 19.3. The zero-order valence-corrected chi connectivity index (χ0v) is 16.1. The van der Waals surface area contributed by atoms with Gasteiger partial charge in [-0.1, -0.05) is 26.0 Å². The van der Waals surface area contributed by atoms with Crippen molar-refractivity contribution in [2.45, 2.75) is 46.6 Å². The third-order valence-corrected chi connectivity index (χ3v) is 8.05. The van der Waals surface area contributed by atoms with E-state index in [1.54, 1.807) is 19.1 Å². The van der Waals surface area contributed by atoms with Crippen molar-refractivity contribution in [1.82, 2.24) is 4.72 Å². The van der Waals surface area contributed by atoms with Crippen molar-refractivity contribution >= 4 is 21.8 Å². The highest BCUT2D eigenvalue weighted by Gasteiger charge is 2.65. The first kappa shape index (κ1) is 19.0. The topological polar surface area (TPSA) is 101 Å². The van der Waals surface area contributed by atoms with Gasteiger partial charge in [-0.05, 0) is 48.3 Å². The van der Waals surface area contributed by atoms with Crippen molar-refractivity contribution in [2.24, 2.45) is 16.7 Å². The summed E-state index contributed by atoms with van der Waals surface area (Å²) in [7, 11) is -3.64. The van der Waals surface area contributed by atoms with Crippen molar-refractivity contribution in [2.75, 3.05) is 5.75 Å². The molecule has 3 rings (SSSR count). The lowest BCUT2D eigenvalue weighted by Gasteiger charge is -2.36. The summed E-state index contributed by atoms with van der Waals surface area (Å²) in [6.07, 6.45) is 2.03. The number of carboxylic acid groups (broad SMARTS) is 1. The predicted octanol–water partition coefficient (Wildman–Crippen LogP) is 2.51. The number of carboxylic acids is 1. The summed E-state index contributed by atoms with van der Waals surface area (Å²) in [4.78, 5) is 23.6. The van der Waals surface area contributed by atoms with Gasteiger partial charge in [0.15, 0.2) is 0 Å². The molecule has 0 amide bonds. The molecule has 0 spiro atoms. The largest absolute Gasteiger partial charge is 0.478 e. The molecule has 2 aliphatic carbocycles. The van der Waals surface area contributed by atoms with Gasteiger partial charge in [-0.3, -0.25) is 4.79 Å². The van der Waals surface area contributed by atoms with Crippen molar-refractivity contribution in [3.05, 3.63) is 34.9 Å². The summed E-state index contributed by atoms with van der Waals surface area (Å²) >= 11 is 0. The average Bonchev–Trinajstić information content (AvgIpc) is 2.86. The van der Waals surface area contributed by atoms with E-state index < -0.39 is 21.4 Å². The quantitative estimate of drug-likeness (QED) is 0.791. The highest BCUT2D eigenvalue weighted by molar-refractivity contribution is 7.89. The molecule has 0 radical (unpaired) electrons. The molecule has 1 aromatic rings. The van der Waals surface area contributed by atoms with Crippen LogP contribution in [-0.4, -0.2) is 31.0 Å². The number of benzene rings is 1. The summed E-state index contributed by atoms with van der Waals surface area (Å²) < 4.78 is 27.9. The highest BCUT2D eigenvalue weighted by Crippen LogP contribution is 2.64. The molecular weight excluding hydrogens is 354 g/mol. The van der Waals surface area contributed by atoms with Gasteiger partial charge in [0.05, 0.1) is 11.3 Å². The fourth-order valence-electron chi connectivity index (χ4n) is 4.75. The second-order valence-electron chi connectivity index (χ2n) is 8.20. The number of ketones is 1. The van der Waals surface area contributed by atoms with Crippen LogP contribution < -0.4 is 4.72 Å². The molecule has 0 saturated heterocycles. The number of nitrogens with one attached hydrogen (secondary N) is 1. The van der Waals surface area contributed by atoms with E-state index in [1.165, 1.54) is 6.07 Å². The van der Waals surface area contributed by atoms with E-state index in [4.69, 9.17) is 5.11 Å². The second kappa shape index (κ2) is 6.16. The van der Waals surface area contributed by atoms with E-state index in [0.717, 1.165) is 6.42 Å². The number of sulfonamides is 1. The van der Waals surface area contributed by atoms with E-state index in [-0.39, 0.29) is 35.0 Å². The van der Waals surface area contributed by atoms with Crippen LogP contribution in [0.4, 0.5) is 0 Å². The Labute approximate surface area is 154 Å². The van der Waals surface area contributed by atoms with E-state index in [9.17, 15) is 18.0 Å². The summed E-state index contributed by atoms with van der Waals surface area (Å²) in [5.41, 5.74) is 0.393. The lowest BCUT2D eigenvalue weighted by molar-refractivity contribution is -0.128. The third-order valence-electron chi connectivity index (χ3n) is 6.59. The summed E-state index contributed by atoms with van der Waals surface area (Å²) in [5.74, 6) is -0.831. The second-order valence-corrected chi connectivity index (χ2v) is 10.0. The number of rotatable bonds is 6. The molecule has 2 aliphatic rings. The maximum absolute atomic E-state index is 12.7. The van der Waals surface area contributed by atoms with Crippen LogP contribution in [0, 0.1) is 23.7 Å². The van der Waals surface area contributed by atoms with E-state index in [1.807, 2.05) is 13.8 Å². The molecule has 2 bridgehead atoms. The minimum Gasteiger partial charge on any atom is -0.478 e. The van der Waals surface area contributed by atoms with Crippen LogP contribution in [0.25, 0.3) is 0 Å². The molecule has 0 heterocycles. The Hall–Kier alpha value is -1.73. The normalized spacial score (nSPS) is 27.0. The molecule has 2 N–H and O–H groups in total. The van der Waals surface area contributed by atoms with Crippen LogP contribution >= 0.6 is 0 Å². The monoisotopic (exact) mass is 379 g/mol. The molecule has 0 aromatic heterocycles. The summed E-state index contributed by atoms with van der Waals surface area (Å²) in [5, 5.41) is 9.07. The van der Waals surface area contributed by atoms with Crippen molar-refractivity contribution < 1.29 is 23.1 Å². The molecule has 2 saturated carbocycles. The molecule has 2 atom stereocenters. The first-order valence-electron chi connectivity index (χ1n) is 8.82. The lowest BCUT2D eigenvalue weighted by Crippen LogP contribution is -2.45. The first-order chi connectivity index (χ1) is 12.0. The minimum absolute atomic E-state index is 0.0748. The Bertz CT molecular complexity index is 874. The Balaban J connectivity index is 1.73. The Morgan fingerprint density at radius 2 is 2.04 bits per heavy atom. The Morgan fingerprint density at radius 3 is 2.54 bits per heavy atom. The molecule has 26 heavy (non-hydrogen) atoms. The molecule has 0 aliphatic heterocycles. The summed E-state index contributed by atoms with van der Waals surface area (Å²) in [6, 6.07) is 4.75. The number of hydrogen-bond acceptors (Lipinski definition) is 4. The smallest absolute Gasteiger partial charge is 0.335 e. The lowest BCUT2D eigenvalue weighted by atomic mass is 9.70. The van der Waals surface area contributed by atoms with Gasteiger partial charge < -0.3 is 5.11 Å². The van der Waals surface area contributed by atoms with E-state index in [0.29, 0.717) is 24.0 Å². The molecular formula is C19H25NO5S. The first-order valence-corrected chi connectivity index (χ1v) is 10.5. The maximum atomic E-state index is 12.7. The Morgan fingerprint density at radius 1 is 1.35 bits per heavy atom. The number of hydrogen-bond donors (Lipinski definition) is 2. The van der Waals surface area contributed by atoms with Gasteiger partial charge in [0.2, 0.25) is 10.0 Å². The molecule has 2 unspecified atom stereocenters. The SMILES string of the molecule is Cc1cc(CNS(=O)(=O)CC23CCC(CC2=O)C3(C)C)ccc1C(=O)O. The third kappa shape index (κ3) is 2.97. The van der Waals surface area contributed by atoms with Crippen LogP contribution in [-0.2, 0) is 21.4 Å². The number of aryl methyl sites for hydroxylation is 1. The molecule has 6 nitrogen and oxygen atoms in total. The number of aromatic carboxylic acids is 1. The van der Waals surface area contributed by atoms with Gasteiger partial charge in [-0.15, -0.1) is 0 Å². The molecule has 142 valence electrons. The van der Waals surface area contributed by atoms with Gasteiger partial charge in [-0.25, -0.2) is 17.9 Å². The van der Waals surface area contributed by atoms with Crippen molar-refractivity contribution in [3.8, 4) is 0 Å². The number of carbonyl (C=O) groups excluding carboxylic acids is 1. The standard InChI is InChI=1S/C19H25NO5S/c1-12-8-13(4-5-15(12)17(22)23)10-20-26(24,25)11-19-7-6-14(9-16(19)21)18(19,2)3/h4-5,8,14,20H,6-7,9-11H2,1-3H3,(H,22,23). The van der Waals surface area contributed by atoms with Crippen molar-refractivity contribution in [3.63, 3.8) is 0 Å². The van der Waals surface area contributed by atoms with E-state index >= 15 is 0 Å². The number of Topliss-reactive ketones (excluding diaryl/α,β-unsaturated/α-hetero) is 1. The van der Waals surface area contributed by atoms with Crippen LogP contribution in [0.3, 0.4) is 0 Å². The van der Waals surface area contributed by atoms with E-state index in [2.05, 4.69) is 4.72 Å². The van der Waals surface area contributed by atoms with Crippen LogP contribution in [0.1, 0.15) is 54.6 Å². The van der Waals surface area contributed by atoms with Gasteiger partial charge in [0, 0.05) is 18.4 Å². The Kier molecular flexibility index (Phi) is 4.51. The van der Waals surface area contributed by atoms with Gasteiger partial charge in [0.25, 0.3) is 0 Å². The summed E-state index contributed by atoms with van der Waals surface area (Å²) in [6.45, 7) is 5.79. The van der Waals surface area contributed by atoms with Crippen LogP contribution in [0.5, 0.6) is 0 Å². The highest BCUT2D eigenvalue weighted by atomic mass is 32.2. The van der Waals surface area contributed by atoms with Gasteiger partial charge in [-0.2, -0.15) is 0 Å². The minimum atomic E-state index is -3.64. The molecule has 2 fully saturated rings. The number of fused-ring (bicyclic) bond motifs is 2. The fraction of sp³-hybridized carbons (Fsp3) is 0.579.